The fraction of sp³-hybridized carbons (Fsp3) is 0.333. The van der Waals surface area contributed by atoms with Crippen molar-refractivity contribution in [1.29, 1.82) is 0 Å². The molecule has 0 saturated heterocycles. The number of esters is 1. The Hall–Kier alpha value is -2.94. The Morgan fingerprint density at radius 3 is 2.85 bits per heavy atom. The van der Waals surface area contributed by atoms with Crippen LogP contribution >= 0.6 is 11.3 Å². The molecule has 140 valence electrons. The van der Waals surface area contributed by atoms with Gasteiger partial charge in [-0.1, -0.05) is 6.92 Å². The van der Waals surface area contributed by atoms with E-state index in [0.717, 1.165) is 22.2 Å². The number of furan rings is 1. The van der Waals surface area contributed by atoms with Crippen LogP contribution in [0.15, 0.2) is 27.6 Å². The van der Waals surface area contributed by atoms with Gasteiger partial charge in [0.25, 0.3) is 0 Å². The minimum absolute atomic E-state index is 0.168. The van der Waals surface area contributed by atoms with Gasteiger partial charge in [0.05, 0.1) is 18.3 Å². The van der Waals surface area contributed by atoms with E-state index in [-0.39, 0.29) is 13.2 Å². The molecule has 0 amide bonds. The molecule has 0 aliphatic rings. The Morgan fingerprint density at radius 1 is 1.37 bits per heavy atom. The molecule has 0 radical (unpaired) electrons. The number of hydrogen-bond acceptors (Lipinski definition) is 7. The van der Waals surface area contributed by atoms with Gasteiger partial charge in [0.2, 0.25) is 5.82 Å². The van der Waals surface area contributed by atoms with Crippen LogP contribution in [0.1, 0.15) is 24.3 Å². The van der Waals surface area contributed by atoms with Crippen molar-refractivity contribution in [3.05, 3.63) is 39.3 Å². The number of nitrogens with zero attached hydrogens (tertiary/aromatic N) is 4. The first kappa shape index (κ1) is 17.5. The summed E-state index contributed by atoms with van der Waals surface area (Å²) in [6.07, 6.45) is 2.31. The second-order valence-electron chi connectivity index (χ2n) is 5.99. The number of ether oxygens (including phenoxy) is 1. The molecule has 4 rings (SSSR count). The first-order valence-electron chi connectivity index (χ1n) is 8.66. The summed E-state index contributed by atoms with van der Waals surface area (Å²) in [5.41, 5.74) is 1.14. The molecule has 0 N–H and O–H groups in total. The third kappa shape index (κ3) is 2.74. The van der Waals surface area contributed by atoms with Crippen LogP contribution in [0.25, 0.3) is 27.4 Å². The number of thiophene rings is 1. The number of carbonyl (C=O) groups excluding carboxylic acids is 1. The van der Waals surface area contributed by atoms with Gasteiger partial charge in [-0.2, -0.15) is 4.52 Å². The lowest BCUT2D eigenvalue weighted by atomic mass is 10.1. The van der Waals surface area contributed by atoms with Gasteiger partial charge in [0, 0.05) is 4.88 Å². The van der Waals surface area contributed by atoms with Gasteiger partial charge in [-0.3, -0.25) is 9.36 Å². The molecule has 9 heteroatoms. The van der Waals surface area contributed by atoms with Crippen LogP contribution < -0.4 is 5.69 Å². The fourth-order valence-corrected chi connectivity index (χ4v) is 4.43. The zero-order chi connectivity index (χ0) is 19.1. The monoisotopic (exact) mass is 386 g/mol. The predicted molar refractivity (Wildman–Crippen MR) is 101 cm³/mol. The molecular weight excluding hydrogens is 368 g/mol. The summed E-state index contributed by atoms with van der Waals surface area (Å²) in [7, 11) is 0. The summed E-state index contributed by atoms with van der Waals surface area (Å²) in [5, 5.41) is 5.18. The van der Waals surface area contributed by atoms with Crippen molar-refractivity contribution in [3.8, 4) is 11.6 Å². The predicted octanol–water partition coefficient (Wildman–Crippen LogP) is 2.80. The van der Waals surface area contributed by atoms with E-state index < -0.39 is 11.7 Å². The molecule has 0 unspecified atom stereocenters. The van der Waals surface area contributed by atoms with Crippen molar-refractivity contribution < 1.29 is 13.9 Å². The molecule has 27 heavy (non-hydrogen) atoms. The Bertz CT molecular complexity index is 1200. The van der Waals surface area contributed by atoms with E-state index in [4.69, 9.17) is 9.15 Å². The molecular formula is C18H18N4O4S. The first-order valence-corrected chi connectivity index (χ1v) is 9.47. The van der Waals surface area contributed by atoms with Crippen molar-refractivity contribution >= 4 is 33.2 Å². The minimum atomic E-state index is -0.462. The molecule has 0 aliphatic carbocycles. The normalized spacial score (nSPS) is 11.5. The quantitative estimate of drug-likeness (QED) is 0.490. The summed E-state index contributed by atoms with van der Waals surface area (Å²) < 4.78 is 13.1. The lowest BCUT2D eigenvalue weighted by molar-refractivity contribution is -0.143. The average molecular weight is 386 g/mol. The van der Waals surface area contributed by atoms with Crippen LogP contribution in [0.4, 0.5) is 0 Å². The molecule has 4 aromatic rings. The number of rotatable bonds is 5. The Balaban J connectivity index is 2.06. The minimum Gasteiger partial charge on any atom is -0.465 e. The van der Waals surface area contributed by atoms with E-state index in [1.54, 1.807) is 19.1 Å². The Kier molecular flexibility index (Phi) is 4.31. The largest absolute Gasteiger partial charge is 0.465 e. The van der Waals surface area contributed by atoms with Crippen molar-refractivity contribution in [2.24, 2.45) is 0 Å². The second-order valence-corrected chi connectivity index (χ2v) is 7.20. The van der Waals surface area contributed by atoms with E-state index in [0.29, 0.717) is 22.1 Å². The standard InChI is InChI=1S/C18H18N4O4S/c1-4-11-10(3)27-17-14(11)16-19-15(12-7-6-8-26-12)20-22(16)18(24)21(17)9-13(23)25-5-2/h6-8H,4-5,9H2,1-3H3. The van der Waals surface area contributed by atoms with E-state index in [9.17, 15) is 9.59 Å². The van der Waals surface area contributed by atoms with Crippen LogP contribution in [0.2, 0.25) is 0 Å². The first-order chi connectivity index (χ1) is 13.0. The van der Waals surface area contributed by atoms with Gasteiger partial charge in [0.1, 0.15) is 11.4 Å². The SMILES string of the molecule is CCOC(=O)Cn1c(=O)n2nc(-c3ccco3)nc2c2c(CC)c(C)sc21. The van der Waals surface area contributed by atoms with E-state index in [1.807, 2.05) is 6.92 Å². The van der Waals surface area contributed by atoms with E-state index in [2.05, 4.69) is 17.0 Å². The highest BCUT2D eigenvalue weighted by Gasteiger charge is 2.23. The number of carbonyl (C=O) groups is 1. The summed E-state index contributed by atoms with van der Waals surface area (Å²) >= 11 is 1.48. The third-order valence-corrected chi connectivity index (χ3v) is 5.54. The highest BCUT2D eigenvalue weighted by Crippen LogP contribution is 2.33. The smallest absolute Gasteiger partial charge is 0.352 e. The molecule has 4 aromatic heterocycles. The number of aryl methyl sites for hydroxylation is 2. The molecule has 0 aromatic carbocycles. The maximum Gasteiger partial charge on any atom is 0.352 e. The molecule has 0 fully saturated rings. The molecule has 4 heterocycles. The fourth-order valence-electron chi connectivity index (χ4n) is 3.20. The average Bonchev–Trinajstić information content (AvgIpc) is 3.35. The summed E-state index contributed by atoms with van der Waals surface area (Å²) in [4.78, 5) is 31.5. The molecule has 0 bridgehead atoms. The molecule has 0 atom stereocenters. The van der Waals surface area contributed by atoms with Crippen molar-refractivity contribution in [3.63, 3.8) is 0 Å². The Labute approximate surface area is 158 Å². The zero-order valence-corrected chi connectivity index (χ0v) is 16.0. The molecule has 0 saturated carbocycles. The highest BCUT2D eigenvalue weighted by molar-refractivity contribution is 7.19. The van der Waals surface area contributed by atoms with E-state index >= 15 is 0 Å². The van der Waals surface area contributed by atoms with Gasteiger partial charge in [-0.05, 0) is 38.0 Å². The van der Waals surface area contributed by atoms with Crippen LogP contribution in [-0.2, 0) is 22.5 Å². The highest BCUT2D eigenvalue weighted by atomic mass is 32.1. The van der Waals surface area contributed by atoms with Crippen LogP contribution in [-0.4, -0.2) is 31.7 Å². The molecule has 0 aliphatic heterocycles. The second kappa shape index (κ2) is 6.66. The maximum atomic E-state index is 13.1. The number of hydrogen-bond donors (Lipinski definition) is 0. The van der Waals surface area contributed by atoms with Crippen LogP contribution in [0.3, 0.4) is 0 Å². The van der Waals surface area contributed by atoms with Gasteiger partial charge >= 0.3 is 11.7 Å². The summed E-state index contributed by atoms with van der Waals surface area (Å²) in [5.74, 6) is 0.349. The van der Waals surface area contributed by atoms with Crippen LogP contribution in [0.5, 0.6) is 0 Å². The lowest BCUT2D eigenvalue weighted by Crippen LogP contribution is -2.30. The molecule has 8 nitrogen and oxygen atoms in total. The zero-order valence-electron chi connectivity index (χ0n) is 15.2. The summed E-state index contributed by atoms with van der Waals surface area (Å²) in [6.45, 7) is 5.88. The van der Waals surface area contributed by atoms with Gasteiger partial charge in [0.15, 0.2) is 11.4 Å². The van der Waals surface area contributed by atoms with Crippen molar-refractivity contribution in [2.75, 3.05) is 6.61 Å². The lowest BCUT2D eigenvalue weighted by Gasteiger charge is -2.08. The topological polar surface area (TPSA) is 91.6 Å². The third-order valence-electron chi connectivity index (χ3n) is 4.37. The summed E-state index contributed by atoms with van der Waals surface area (Å²) in [6, 6.07) is 3.48. The Morgan fingerprint density at radius 2 is 2.19 bits per heavy atom. The van der Waals surface area contributed by atoms with Crippen molar-refractivity contribution in [1.82, 2.24) is 19.2 Å². The maximum absolute atomic E-state index is 13.1. The van der Waals surface area contributed by atoms with E-state index in [1.165, 1.54) is 26.7 Å². The van der Waals surface area contributed by atoms with Gasteiger partial charge < -0.3 is 9.15 Å². The van der Waals surface area contributed by atoms with Gasteiger partial charge in [-0.25, -0.2) is 9.78 Å². The van der Waals surface area contributed by atoms with Crippen molar-refractivity contribution in [2.45, 2.75) is 33.7 Å². The van der Waals surface area contributed by atoms with Gasteiger partial charge in [-0.15, -0.1) is 16.4 Å². The number of aromatic nitrogens is 4. The van der Waals surface area contributed by atoms with Crippen LogP contribution in [0, 0.1) is 6.92 Å². The molecule has 0 spiro atoms. The number of fused-ring (bicyclic) bond motifs is 3.